The first-order chi connectivity index (χ1) is 10.9. The Labute approximate surface area is 152 Å². The van der Waals surface area contributed by atoms with Gasteiger partial charge in [-0.1, -0.05) is 45.2 Å². The number of nitrogens with one attached hydrogen (secondary N) is 1. The lowest BCUT2D eigenvalue weighted by molar-refractivity contribution is 0.0966. The second-order valence-corrected chi connectivity index (χ2v) is 6.31. The summed E-state index contributed by atoms with van der Waals surface area (Å²) in [4.78, 5) is 26.1. The van der Waals surface area contributed by atoms with E-state index in [1.165, 1.54) is 4.90 Å². The van der Waals surface area contributed by atoms with Gasteiger partial charge in [-0.25, -0.2) is 4.79 Å². The summed E-state index contributed by atoms with van der Waals surface area (Å²) >= 11 is 15.3. The molecule has 2 aromatic carbocycles. The number of carbonyl (C=O) groups excluding carboxylic acids is 2. The van der Waals surface area contributed by atoms with Gasteiger partial charge in [0, 0.05) is 16.7 Å². The molecule has 0 bridgehead atoms. The Morgan fingerprint density at radius 1 is 1.09 bits per heavy atom. The zero-order chi connectivity index (χ0) is 17.0. The first kappa shape index (κ1) is 17.8. The molecule has 2 rings (SSSR count). The Bertz CT molecular complexity index is 715. The molecular formula is C16H13BrCl2N2O2. The zero-order valence-corrected chi connectivity index (χ0v) is 15.2. The van der Waals surface area contributed by atoms with Gasteiger partial charge in [-0.15, -0.1) is 0 Å². The third-order valence-corrected chi connectivity index (χ3v) is 4.27. The van der Waals surface area contributed by atoms with E-state index in [0.29, 0.717) is 12.2 Å². The van der Waals surface area contributed by atoms with Crippen molar-refractivity contribution >= 4 is 56.8 Å². The fourth-order valence-electron chi connectivity index (χ4n) is 2.01. The first-order valence-corrected chi connectivity index (χ1v) is 8.31. The van der Waals surface area contributed by atoms with Gasteiger partial charge in [-0.05, 0) is 43.3 Å². The Morgan fingerprint density at radius 2 is 1.65 bits per heavy atom. The van der Waals surface area contributed by atoms with Gasteiger partial charge in [0.15, 0.2) is 0 Å². The molecule has 0 radical (unpaired) electrons. The molecule has 0 spiro atoms. The number of anilines is 1. The van der Waals surface area contributed by atoms with Crippen LogP contribution in [0.15, 0.2) is 46.9 Å². The summed E-state index contributed by atoms with van der Waals surface area (Å²) in [6.07, 6.45) is 0. The highest BCUT2D eigenvalue weighted by atomic mass is 79.9. The molecule has 0 saturated heterocycles. The standard InChI is InChI=1S/C16H13BrCl2N2O2/c1-2-21(11-8-6-10(17)7-9-11)16(23)20-15(22)14-12(18)4-3-5-13(14)19/h3-9H,2H2,1H3,(H,20,22,23). The highest BCUT2D eigenvalue weighted by Gasteiger charge is 2.21. The number of halogens is 3. The molecule has 0 fully saturated rings. The van der Waals surface area contributed by atoms with Crippen LogP contribution in [0.3, 0.4) is 0 Å². The maximum absolute atomic E-state index is 12.4. The average molecular weight is 416 g/mol. The molecule has 120 valence electrons. The van der Waals surface area contributed by atoms with Crippen LogP contribution in [0.4, 0.5) is 10.5 Å². The van der Waals surface area contributed by atoms with Crippen molar-refractivity contribution in [3.8, 4) is 0 Å². The first-order valence-electron chi connectivity index (χ1n) is 6.76. The highest BCUT2D eigenvalue weighted by molar-refractivity contribution is 9.10. The summed E-state index contributed by atoms with van der Waals surface area (Å²) in [5, 5.41) is 2.69. The molecule has 2 aromatic rings. The Hall–Kier alpha value is -1.56. The van der Waals surface area contributed by atoms with Crippen LogP contribution in [0, 0.1) is 0 Å². The summed E-state index contributed by atoms with van der Waals surface area (Å²) in [5.41, 5.74) is 0.752. The van der Waals surface area contributed by atoms with Crippen molar-refractivity contribution in [1.82, 2.24) is 5.32 Å². The fraction of sp³-hybridized carbons (Fsp3) is 0.125. The van der Waals surface area contributed by atoms with Gasteiger partial charge < -0.3 is 0 Å². The lowest BCUT2D eigenvalue weighted by Crippen LogP contribution is -2.43. The summed E-state index contributed by atoms with van der Waals surface area (Å²) in [6, 6.07) is 11.4. The van der Waals surface area contributed by atoms with Crippen LogP contribution in [-0.2, 0) is 0 Å². The molecule has 7 heteroatoms. The molecule has 0 aromatic heterocycles. The minimum atomic E-state index is -0.638. The molecule has 0 aliphatic heterocycles. The summed E-state index contributed by atoms with van der Waals surface area (Å²) in [6.45, 7) is 2.21. The van der Waals surface area contributed by atoms with Crippen LogP contribution in [-0.4, -0.2) is 18.5 Å². The van der Waals surface area contributed by atoms with E-state index in [1.54, 1.807) is 30.3 Å². The van der Waals surface area contributed by atoms with Crippen molar-refractivity contribution < 1.29 is 9.59 Å². The molecule has 0 saturated carbocycles. The fourth-order valence-corrected chi connectivity index (χ4v) is 2.84. The molecule has 3 amide bonds. The van der Waals surface area contributed by atoms with Crippen LogP contribution in [0.2, 0.25) is 10.0 Å². The van der Waals surface area contributed by atoms with E-state index in [-0.39, 0.29) is 15.6 Å². The third-order valence-electron chi connectivity index (χ3n) is 3.11. The molecule has 4 nitrogen and oxygen atoms in total. The average Bonchev–Trinajstić information content (AvgIpc) is 2.49. The SMILES string of the molecule is CCN(C(=O)NC(=O)c1c(Cl)cccc1Cl)c1ccc(Br)cc1. The number of rotatable bonds is 3. The van der Waals surface area contributed by atoms with Crippen molar-refractivity contribution in [2.75, 3.05) is 11.4 Å². The minimum Gasteiger partial charge on any atom is -0.294 e. The second kappa shape index (κ2) is 7.81. The van der Waals surface area contributed by atoms with Gasteiger partial charge >= 0.3 is 6.03 Å². The van der Waals surface area contributed by atoms with E-state index in [2.05, 4.69) is 21.2 Å². The van der Waals surface area contributed by atoms with Crippen LogP contribution < -0.4 is 10.2 Å². The zero-order valence-electron chi connectivity index (χ0n) is 12.1. The number of amides is 3. The molecular weight excluding hydrogens is 403 g/mol. The van der Waals surface area contributed by atoms with Crippen LogP contribution in [0.1, 0.15) is 17.3 Å². The number of imide groups is 1. The van der Waals surface area contributed by atoms with E-state index in [1.807, 2.05) is 19.1 Å². The van der Waals surface area contributed by atoms with Crippen molar-refractivity contribution in [3.63, 3.8) is 0 Å². The van der Waals surface area contributed by atoms with Gasteiger partial charge in [-0.2, -0.15) is 0 Å². The highest BCUT2D eigenvalue weighted by Crippen LogP contribution is 2.24. The van der Waals surface area contributed by atoms with Gasteiger partial charge in [-0.3, -0.25) is 15.0 Å². The number of nitrogens with zero attached hydrogens (tertiary/aromatic N) is 1. The van der Waals surface area contributed by atoms with Gasteiger partial charge in [0.1, 0.15) is 0 Å². The van der Waals surface area contributed by atoms with Crippen molar-refractivity contribution in [3.05, 3.63) is 62.5 Å². The number of benzene rings is 2. The Kier molecular flexibility index (Phi) is 6.04. The summed E-state index contributed by atoms with van der Waals surface area (Å²) < 4.78 is 0.900. The molecule has 0 atom stereocenters. The van der Waals surface area contributed by atoms with Crippen LogP contribution >= 0.6 is 39.1 Å². The quantitative estimate of drug-likeness (QED) is 0.754. The molecule has 0 unspecified atom stereocenters. The maximum atomic E-state index is 12.4. The normalized spacial score (nSPS) is 10.3. The minimum absolute atomic E-state index is 0.0797. The van der Waals surface area contributed by atoms with Crippen molar-refractivity contribution in [1.29, 1.82) is 0 Å². The Balaban J connectivity index is 2.19. The number of carbonyl (C=O) groups is 2. The van der Waals surface area contributed by atoms with E-state index in [0.717, 1.165) is 4.47 Å². The lowest BCUT2D eigenvalue weighted by atomic mass is 10.2. The maximum Gasteiger partial charge on any atom is 0.328 e. The van der Waals surface area contributed by atoms with Crippen LogP contribution in [0.25, 0.3) is 0 Å². The van der Waals surface area contributed by atoms with E-state index in [4.69, 9.17) is 23.2 Å². The Morgan fingerprint density at radius 3 is 2.17 bits per heavy atom. The number of urea groups is 1. The van der Waals surface area contributed by atoms with Crippen molar-refractivity contribution in [2.45, 2.75) is 6.92 Å². The van der Waals surface area contributed by atoms with Crippen LogP contribution in [0.5, 0.6) is 0 Å². The third kappa shape index (κ3) is 4.25. The topological polar surface area (TPSA) is 49.4 Å². The van der Waals surface area contributed by atoms with Gasteiger partial charge in [0.25, 0.3) is 5.91 Å². The smallest absolute Gasteiger partial charge is 0.294 e. The summed E-state index contributed by atoms with van der Waals surface area (Å²) in [7, 11) is 0. The van der Waals surface area contributed by atoms with E-state index < -0.39 is 11.9 Å². The molecule has 23 heavy (non-hydrogen) atoms. The summed E-state index contributed by atoms with van der Waals surface area (Å²) in [5.74, 6) is -0.638. The second-order valence-electron chi connectivity index (χ2n) is 4.58. The predicted molar refractivity (Wildman–Crippen MR) is 96.5 cm³/mol. The molecule has 1 N–H and O–H groups in total. The van der Waals surface area contributed by atoms with E-state index in [9.17, 15) is 9.59 Å². The monoisotopic (exact) mass is 414 g/mol. The molecule has 0 heterocycles. The number of hydrogen-bond donors (Lipinski definition) is 1. The van der Waals surface area contributed by atoms with Gasteiger partial charge in [0.05, 0.1) is 15.6 Å². The molecule has 0 aliphatic carbocycles. The van der Waals surface area contributed by atoms with Crippen molar-refractivity contribution in [2.24, 2.45) is 0 Å². The molecule has 0 aliphatic rings. The largest absolute Gasteiger partial charge is 0.328 e. The van der Waals surface area contributed by atoms with Gasteiger partial charge in [0.2, 0.25) is 0 Å². The predicted octanol–water partition coefficient (Wildman–Crippen LogP) is 5.13. The number of hydrogen-bond acceptors (Lipinski definition) is 2. The van der Waals surface area contributed by atoms with E-state index >= 15 is 0 Å². The lowest BCUT2D eigenvalue weighted by Gasteiger charge is -2.21.